The molecule has 0 atom stereocenters. The molecule has 0 saturated carbocycles. The fourth-order valence-corrected chi connectivity index (χ4v) is 2.21. The topological polar surface area (TPSA) is 66.1 Å². The number of nitrogens with one attached hydrogen (secondary N) is 2. The second-order valence-electron chi connectivity index (χ2n) is 4.94. The molecule has 0 saturated heterocycles. The van der Waals surface area contributed by atoms with Crippen molar-refractivity contribution in [3.05, 3.63) is 64.6 Å². The SMILES string of the molecule is CC(=N)Nc1ccc2oc(-c3ccc(F)cc3)cc(=O)c2c1. The van der Waals surface area contributed by atoms with Crippen molar-refractivity contribution in [2.24, 2.45) is 0 Å². The van der Waals surface area contributed by atoms with Crippen LogP contribution in [0.5, 0.6) is 0 Å². The molecule has 22 heavy (non-hydrogen) atoms. The summed E-state index contributed by atoms with van der Waals surface area (Å²) in [5.74, 6) is 0.331. The van der Waals surface area contributed by atoms with E-state index in [9.17, 15) is 9.18 Å². The van der Waals surface area contributed by atoms with Crippen LogP contribution in [0, 0.1) is 11.2 Å². The molecule has 4 nitrogen and oxygen atoms in total. The van der Waals surface area contributed by atoms with Crippen molar-refractivity contribution in [3.8, 4) is 11.3 Å². The molecule has 2 N–H and O–H groups in total. The van der Waals surface area contributed by atoms with Crippen molar-refractivity contribution in [3.63, 3.8) is 0 Å². The van der Waals surface area contributed by atoms with E-state index in [1.807, 2.05) is 0 Å². The molecule has 0 spiro atoms. The maximum atomic E-state index is 13.0. The standard InChI is InChI=1S/C17H13FN2O2/c1-10(19)20-13-6-7-16-14(8-13)15(21)9-17(22-16)11-2-4-12(18)5-3-11/h2-9H,1H3,(H2,19,20). The summed E-state index contributed by atoms with van der Waals surface area (Å²) >= 11 is 0. The first-order valence-electron chi connectivity index (χ1n) is 6.69. The highest BCUT2D eigenvalue weighted by molar-refractivity contribution is 5.93. The molecule has 0 aliphatic rings. The Hall–Kier alpha value is -2.95. The minimum atomic E-state index is -0.343. The smallest absolute Gasteiger partial charge is 0.193 e. The van der Waals surface area contributed by atoms with E-state index < -0.39 is 0 Å². The van der Waals surface area contributed by atoms with Crippen LogP contribution in [0.25, 0.3) is 22.3 Å². The first kappa shape index (κ1) is 14.0. The van der Waals surface area contributed by atoms with Gasteiger partial charge in [0, 0.05) is 17.3 Å². The van der Waals surface area contributed by atoms with Gasteiger partial charge >= 0.3 is 0 Å². The second kappa shape index (κ2) is 5.44. The van der Waals surface area contributed by atoms with E-state index in [1.165, 1.54) is 18.2 Å². The predicted octanol–water partition coefficient (Wildman–Crippen LogP) is 4.01. The van der Waals surface area contributed by atoms with Crippen molar-refractivity contribution in [2.45, 2.75) is 6.92 Å². The van der Waals surface area contributed by atoms with E-state index >= 15 is 0 Å². The Bertz CT molecular complexity index is 914. The van der Waals surface area contributed by atoms with Gasteiger partial charge in [0.2, 0.25) is 0 Å². The quantitative estimate of drug-likeness (QED) is 0.554. The van der Waals surface area contributed by atoms with Crippen molar-refractivity contribution >= 4 is 22.5 Å². The van der Waals surface area contributed by atoms with Crippen molar-refractivity contribution in [1.29, 1.82) is 5.41 Å². The molecule has 0 bridgehead atoms. The number of hydrogen-bond donors (Lipinski definition) is 2. The van der Waals surface area contributed by atoms with Crippen LogP contribution in [-0.4, -0.2) is 5.84 Å². The van der Waals surface area contributed by atoms with Gasteiger partial charge in [0.25, 0.3) is 0 Å². The average molecular weight is 296 g/mol. The predicted molar refractivity (Wildman–Crippen MR) is 84.9 cm³/mol. The maximum absolute atomic E-state index is 13.0. The van der Waals surface area contributed by atoms with Gasteiger partial charge in [-0.1, -0.05) is 0 Å². The molecule has 0 aliphatic carbocycles. The lowest BCUT2D eigenvalue weighted by Gasteiger charge is -2.06. The first-order valence-corrected chi connectivity index (χ1v) is 6.69. The van der Waals surface area contributed by atoms with Gasteiger partial charge in [-0.05, 0) is 49.4 Å². The highest BCUT2D eigenvalue weighted by atomic mass is 19.1. The molecule has 3 rings (SSSR count). The Morgan fingerprint density at radius 2 is 1.86 bits per heavy atom. The van der Waals surface area contributed by atoms with Gasteiger partial charge in [0.1, 0.15) is 17.2 Å². The number of hydrogen-bond acceptors (Lipinski definition) is 3. The third kappa shape index (κ3) is 2.74. The van der Waals surface area contributed by atoms with Crippen LogP contribution in [0.4, 0.5) is 10.1 Å². The van der Waals surface area contributed by atoms with Crippen LogP contribution in [0.15, 0.2) is 57.7 Å². The van der Waals surface area contributed by atoms with Crippen LogP contribution in [0.3, 0.4) is 0 Å². The zero-order chi connectivity index (χ0) is 15.7. The van der Waals surface area contributed by atoms with E-state index in [0.29, 0.717) is 28.0 Å². The van der Waals surface area contributed by atoms with Crippen LogP contribution in [0.1, 0.15) is 6.92 Å². The van der Waals surface area contributed by atoms with E-state index in [1.54, 1.807) is 37.3 Å². The third-order valence-electron chi connectivity index (χ3n) is 3.19. The second-order valence-corrected chi connectivity index (χ2v) is 4.94. The molecule has 0 unspecified atom stereocenters. The largest absolute Gasteiger partial charge is 0.456 e. The molecular formula is C17H13FN2O2. The summed E-state index contributed by atoms with van der Waals surface area (Å²) in [5.41, 5.74) is 1.55. The molecule has 0 fully saturated rings. The Labute approximate surface area is 125 Å². The zero-order valence-electron chi connectivity index (χ0n) is 11.8. The van der Waals surface area contributed by atoms with Crippen molar-refractivity contribution in [1.82, 2.24) is 0 Å². The fraction of sp³-hybridized carbons (Fsp3) is 0.0588. The maximum Gasteiger partial charge on any atom is 0.193 e. The Balaban J connectivity index is 2.11. The summed E-state index contributed by atoms with van der Waals surface area (Å²) in [6.07, 6.45) is 0. The van der Waals surface area contributed by atoms with Crippen LogP contribution in [-0.2, 0) is 0 Å². The summed E-state index contributed by atoms with van der Waals surface area (Å²) < 4.78 is 18.7. The summed E-state index contributed by atoms with van der Waals surface area (Å²) in [6.45, 7) is 1.62. The summed E-state index contributed by atoms with van der Waals surface area (Å²) in [4.78, 5) is 12.3. The number of rotatable bonds is 2. The summed E-state index contributed by atoms with van der Waals surface area (Å²) in [5, 5.41) is 10.7. The number of anilines is 1. The number of fused-ring (bicyclic) bond motifs is 1. The number of benzene rings is 2. The molecule has 0 radical (unpaired) electrons. The summed E-state index contributed by atoms with van der Waals surface area (Å²) in [6, 6.07) is 12.2. The molecule has 3 aromatic rings. The molecule has 2 aromatic carbocycles. The number of amidine groups is 1. The molecule has 1 heterocycles. The van der Waals surface area contributed by atoms with Crippen molar-refractivity contribution in [2.75, 3.05) is 5.32 Å². The van der Waals surface area contributed by atoms with Gasteiger partial charge in [-0.3, -0.25) is 10.2 Å². The van der Waals surface area contributed by atoms with Gasteiger partial charge < -0.3 is 9.73 Å². The van der Waals surface area contributed by atoms with Gasteiger partial charge in [-0.15, -0.1) is 0 Å². The summed E-state index contributed by atoms with van der Waals surface area (Å²) in [7, 11) is 0. The highest BCUT2D eigenvalue weighted by Gasteiger charge is 2.08. The highest BCUT2D eigenvalue weighted by Crippen LogP contribution is 2.24. The molecule has 0 aliphatic heterocycles. The van der Waals surface area contributed by atoms with E-state index in [4.69, 9.17) is 9.83 Å². The first-order chi connectivity index (χ1) is 10.5. The molecule has 110 valence electrons. The van der Waals surface area contributed by atoms with Gasteiger partial charge in [0.05, 0.1) is 11.2 Å². The minimum Gasteiger partial charge on any atom is -0.456 e. The lowest BCUT2D eigenvalue weighted by molar-refractivity contribution is 0.615. The van der Waals surface area contributed by atoms with Crippen LogP contribution >= 0.6 is 0 Å². The van der Waals surface area contributed by atoms with E-state index in [2.05, 4.69) is 5.32 Å². The van der Waals surface area contributed by atoms with Gasteiger partial charge in [-0.2, -0.15) is 0 Å². The average Bonchev–Trinajstić information content (AvgIpc) is 2.48. The van der Waals surface area contributed by atoms with Gasteiger partial charge in [-0.25, -0.2) is 4.39 Å². The van der Waals surface area contributed by atoms with E-state index in [0.717, 1.165) is 0 Å². The minimum absolute atomic E-state index is 0.188. The van der Waals surface area contributed by atoms with E-state index in [-0.39, 0.29) is 17.1 Å². The molecule has 5 heteroatoms. The molecule has 0 amide bonds. The number of halogens is 1. The Morgan fingerprint density at radius 3 is 2.55 bits per heavy atom. The fourth-order valence-electron chi connectivity index (χ4n) is 2.21. The molecular weight excluding hydrogens is 283 g/mol. The molecule has 1 aromatic heterocycles. The van der Waals surface area contributed by atoms with Crippen molar-refractivity contribution < 1.29 is 8.81 Å². The van der Waals surface area contributed by atoms with Gasteiger partial charge in [0.15, 0.2) is 5.43 Å². The lowest BCUT2D eigenvalue weighted by Crippen LogP contribution is -2.06. The normalized spacial score (nSPS) is 10.6. The third-order valence-corrected chi connectivity index (χ3v) is 3.19. The Kier molecular flexibility index (Phi) is 3.47. The lowest BCUT2D eigenvalue weighted by atomic mass is 10.1. The van der Waals surface area contributed by atoms with Crippen LogP contribution in [0.2, 0.25) is 0 Å². The zero-order valence-corrected chi connectivity index (χ0v) is 11.8. The monoisotopic (exact) mass is 296 g/mol. The Morgan fingerprint density at radius 1 is 1.14 bits per heavy atom. The van der Waals surface area contributed by atoms with Crippen LogP contribution < -0.4 is 10.7 Å².